The van der Waals surface area contributed by atoms with E-state index in [1.807, 2.05) is 0 Å². The lowest BCUT2D eigenvalue weighted by molar-refractivity contribution is -0.114. The monoisotopic (exact) mass is 126 g/mol. The van der Waals surface area contributed by atoms with Gasteiger partial charge >= 0.3 is 0 Å². The zero-order chi connectivity index (χ0) is 7.28. The summed E-state index contributed by atoms with van der Waals surface area (Å²) in [6.45, 7) is 6.95. The molecule has 0 aromatic carbocycles. The van der Waals surface area contributed by atoms with E-state index in [-0.39, 0.29) is 6.42 Å². The maximum absolute atomic E-state index is 9.83. The van der Waals surface area contributed by atoms with Gasteiger partial charge in [0.25, 0.3) is 0 Å². The molecule has 0 spiro atoms. The summed E-state index contributed by atoms with van der Waals surface area (Å²) in [5, 5.41) is 8.68. The first kappa shape index (κ1) is 8.11. The smallest absolute Gasteiger partial charge is 0.148 e. The van der Waals surface area contributed by atoms with Gasteiger partial charge in [-0.3, -0.25) is 0 Å². The average molecular weight is 126 g/mol. The van der Waals surface area contributed by atoms with Crippen LogP contribution in [0.25, 0.3) is 0 Å². The average Bonchev–Trinajstić information content (AvgIpc) is 1.87. The first-order chi connectivity index (χ1) is 4.20. The molecule has 0 amide bonds. The lowest BCUT2D eigenvalue weighted by atomic mass is 10.1. The third-order valence-electron chi connectivity index (χ3n) is 0.917. The van der Waals surface area contributed by atoms with Crippen LogP contribution in [0.5, 0.6) is 0 Å². The van der Waals surface area contributed by atoms with E-state index in [0.717, 1.165) is 0 Å². The summed E-state index contributed by atoms with van der Waals surface area (Å²) < 4.78 is 0. The van der Waals surface area contributed by atoms with Crippen LogP contribution in [-0.2, 0) is 4.79 Å². The van der Waals surface area contributed by atoms with Crippen molar-refractivity contribution < 1.29 is 9.90 Å². The first-order valence-electron chi connectivity index (χ1n) is 2.64. The molecule has 1 unspecified atom stereocenters. The van der Waals surface area contributed by atoms with Gasteiger partial charge < -0.3 is 9.90 Å². The van der Waals surface area contributed by atoms with E-state index in [1.54, 1.807) is 0 Å². The predicted molar refractivity (Wildman–Crippen MR) is 36.0 cm³/mol. The predicted octanol–water partition coefficient (Wildman–Crippen LogP) is 0.678. The van der Waals surface area contributed by atoms with Crippen molar-refractivity contribution in [3.8, 4) is 0 Å². The molecule has 0 aliphatic carbocycles. The zero-order valence-electron chi connectivity index (χ0n) is 5.21. The van der Waals surface area contributed by atoms with Gasteiger partial charge in [0.05, 0.1) is 0 Å². The number of aliphatic hydroxyl groups is 1. The molecule has 0 aliphatic rings. The van der Waals surface area contributed by atoms with Crippen LogP contribution in [0.15, 0.2) is 24.8 Å². The van der Waals surface area contributed by atoms with Crippen LogP contribution in [0.1, 0.15) is 6.42 Å². The Hall–Kier alpha value is -0.890. The van der Waals surface area contributed by atoms with Gasteiger partial charge in [-0.15, -0.1) is 0 Å². The summed E-state index contributed by atoms with van der Waals surface area (Å²) in [6, 6.07) is 0. The molecule has 0 fully saturated rings. The highest BCUT2D eigenvalue weighted by atomic mass is 16.3. The third kappa shape index (κ3) is 3.67. The summed E-state index contributed by atoms with van der Waals surface area (Å²) >= 11 is 0. The van der Waals surface area contributed by atoms with Crippen LogP contribution in [0.3, 0.4) is 0 Å². The summed E-state index contributed by atoms with van der Waals surface area (Å²) in [7, 11) is 0. The van der Waals surface area contributed by atoms with Crippen molar-refractivity contribution in [1.29, 1.82) is 0 Å². The Balaban J connectivity index is 3.58. The fourth-order valence-electron chi connectivity index (χ4n) is 0.400. The van der Waals surface area contributed by atoms with Crippen molar-refractivity contribution in [2.75, 3.05) is 0 Å². The molecule has 0 aromatic heterocycles. The molecule has 0 bridgehead atoms. The number of carbonyl (C=O) groups excluding carboxylic acids is 1. The van der Waals surface area contributed by atoms with Crippen LogP contribution >= 0.6 is 0 Å². The minimum atomic E-state index is -0.921. The number of allylic oxidation sites excluding steroid dienone is 1. The minimum absolute atomic E-state index is 0.285. The van der Waals surface area contributed by atoms with Gasteiger partial charge in [-0.2, -0.15) is 0 Å². The Morgan fingerprint density at radius 1 is 1.78 bits per heavy atom. The van der Waals surface area contributed by atoms with E-state index >= 15 is 0 Å². The topological polar surface area (TPSA) is 37.3 Å². The molecule has 9 heavy (non-hydrogen) atoms. The van der Waals surface area contributed by atoms with Gasteiger partial charge in [0.1, 0.15) is 12.4 Å². The van der Waals surface area contributed by atoms with E-state index in [0.29, 0.717) is 11.9 Å². The summed E-state index contributed by atoms with van der Waals surface area (Å²) in [5.41, 5.74) is 0.676. The fraction of sp³-hybridized carbons (Fsp3) is 0.286. The molecular formula is C7H10O2. The van der Waals surface area contributed by atoms with Gasteiger partial charge in [-0.1, -0.05) is 24.8 Å². The Morgan fingerprint density at radius 2 is 2.33 bits per heavy atom. The molecule has 0 aliphatic heterocycles. The maximum atomic E-state index is 9.83. The Labute approximate surface area is 54.5 Å². The van der Waals surface area contributed by atoms with Crippen LogP contribution in [0.4, 0.5) is 0 Å². The largest absolute Gasteiger partial charge is 0.385 e. The van der Waals surface area contributed by atoms with Crippen LogP contribution < -0.4 is 0 Å². The van der Waals surface area contributed by atoms with Gasteiger partial charge in [0.2, 0.25) is 0 Å². The van der Waals surface area contributed by atoms with Crippen molar-refractivity contribution in [2.45, 2.75) is 12.5 Å². The van der Waals surface area contributed by atoms with Crippen LogP contribution in [-0.4, -0.2) is 17.5 Å². The second-order valence-electron chi connectivity index (χ2n) is 1.77. The minimum Gasteiger partial charge on any atom is -0.385 e. The molecule has 0 rings (SSSR count). The maximum Gasteiger partial charge on any atom is 0.148 e. The zero-order valence-corrected chi connectivity index (χ0v) is 5.21. The fourth-order valence-corrected chi connectivity index (χ4v) is 0.400. The Morgan fingerprint density at radius 3 is 2.67 bits per heavy atom. The van der Waals surface area contributed by atoms with Crippen molar-refractivity contribution in [2.24, 2.45) is 0 Å². The first-order valence-corrected chi connectivity index (χ1v) is 2.64. The second-order valence-corrected chi connectivity index (χ2v) is 1.77. The normalized spacial score (nSPS) is 12.1. The molecule has 0 saturated heterocycles. The quantitative estimate of drug-likeness (QED) is 0.444. The Kier molecular flexibility index (Phi) is 3.64. The van der Waals surface area contributed by atoms with Crippen molar-refractivity contribution >= 4 is 6.29 Å². The van der Waals surface area contributed by atoms with Crippen LogP contribution in [0.2, 0.25) is 0 Å². The summed E-state index contributed by atoms with van der Waals surface area (Å²) in [5.74, 6) is 0. The standard InChI is InChI=1S/C7H10O2/c1-3-6(2)4-7(9)5-8/h3,5,7,9H,1-2,4H2. The SMILES string of the molecule is C=CC(=C)CC(O)C=O. The highest BCUT2D eigenvalue weighted by Gasteiger charge is 1.99. The summed E-state index contributed by atoms with van der Waals surface area (Å²) in [4.78, 5) is 9.83. The van der Waals surface area contributed by atoms with E-state index in [4.69, 9.17) is 5.11 Å². The molecule has 50 valence electrons. The molecule has 0 heterocycles. The van der Waals surface area contributed by atoms with Gasteiger partial charge in [0.15, 0.2) is 0 Å². The molecule has 0 saturated carbocycles. The number of hydrogen-bond acceptors (Lipinski definition) is 2. The van der Waals surface area contributed by atoms with Crippen LogP contribution in [0, 0.1) is 0 Å². The molecular weight excluding hydrogens is 116 g/mol. The van der Waals surface area contributed by atoms with Gasteiger partial charge in [0, 0.05) is 6.42 Å². The molecule has 1 N–H and O–H groups in total. The number of aliphatic hydroxyl groups excluding tert-OH is 1. The molecule has 2 nitrogen and oxygen atoms in total. The number of hydrogen-bond donors (Lipinski definition) is 1. The van der Waals surface area contributed by atoms with Gasteiger partial charge in [-0.05, 0) is 0 Å². The van der Waals surface area contributed by atoms with E-state index in [2.05, 4.69) is 13.2 Å². The van der Waals surface area contributed by atoms with Crippen molar-refractivity contribution in [3.05, 3.63) is 24.8 Å². The number of aldehydes is 1. The lowest BCUT2D eigenvalue weighted by Gasteiger charge is -1.99. The molecule has 0 aromatic rings. The molecule has 0 radical (unpaired) electrons. The summed E-state index contributed by atoms with van der Waals surface area (Å²) in [6.07, 6.45) is 1.37. The highest BCUT2D eigenvalue weighted by molar-refractivity contribution is 5.56. The molecule has 1 atom stereocenters. The number of rotatable bonds is 4. The van der Waals surface area contributed by atoms with E-state index in [1.165, 1.54) is 6.08 Å². The van der Waals surface area contributed by atoms with Crippen molar-refractivity contribution in [1.82, 2.24) is 0 Å². The third-order valence-corrected chi connectivity index (χ3v) is 0.917. The van der Waals surface area contributed by atoms with E-state index in [9.17, 15) is 4.79 Å². The second kappa shape index (κ2) is 4.04. The number of carbonyl (C=O) groups is 1. The van der Waals surface area contributed by atoms with Crippen molar-refractivity contribution in [3.63, 3.8) is 0 Å². The highest BCUT2D eigenvalue weighted by Crippen LogP contribution is 2.00. The Bertz CT molecular complexity index is 127. The van der Waals surface area contributed by atoms with Gasteiger partial charge in [-0.25, -0.2) is 0 Å². The molecule has 2 heteroatoms. The lowest BCUT2D eigenvalue weighted by Crippen LogP contribution is -2.07. The van der Waals surface area contributed by atoms with E-state index < -0.39 is 6.10 Å².